The molecule has 0 bridgehead atoms. The third-order valence-electron chi connectivity index (χ3n) is 4.06. The second kappa shape index (κ2) is 5.25. The molecule has 19 heavy (non-hydrogen) atoms. The maximum absolute atomic E-state index is 11.7. The molecule has 2 atom stereocenters. The number of aryl methyl sites for hydroxylation is 1. The number of benzene rings is 1. The molecule has 1 aromatic rings. The summed E-state index contributed by atoms with van der Waals surface area (Å²) in [6, 6.07) is 6.39. The van der Waals surface area contributed by atoms with Gasteiger partial charge in [0.2, 0.25) is 5.91 Å². The first-order chi connectivity index (χ1) is 9.16. The van der Waals surface area contributed by atoms with E-state index in [0.717, 1.165) is 31.6 Å². The number of hydrogen-bond donors (Lipinski definition) is 0. The zero-order chi connectivity index (χ0) is 13.4. The van der Waals surface area contributed by atoms with Gasteiger partial charge in [-0.3, -0.25) is 4.79 Å². The molecule has 3 rings (SSSR count). The number of carbonyl (C=O) groups excluding carboxylic acids is 1. The molecular formula is C15H18BrNO2. The Kier molecular flexibility index (Phi) is 3.63. The average molecular weight is 324 g/mol. The van der Waals surface area contributed by atoms with Crippen LogP contribution in [0, 0.1) is 0 Å². The number of rotatable bonds is 2. The first kappa shape index (κ1) is 13.1. The second-order valence-corrected chi connectivity index (χ2v) is 6.28. The molecule has 0 radical (unpaired) electrons. The average Bonchev–Trinajstić information content (AvgIpc) is 2.96. The van der Waals surface area contributed by atoms with E-state index >= 15 is 0 Å². The fraction of sp³-hybridized carbons (Fsp3) is 0.533. The van der Waals surface area contributed by atoms with Gasteiger partial charge < -0.3 is 9.64 Å². The summed E-state index contributed by atoms with van der Waals surface area (Å²) in [5.41, 5.74) is 3.57. The lowest BCUT2D eigenvalue weighted by Gasteiger charge is -2.27. The van der Waals surface area contributed by atoms with Crippen LogP contribution < -0.4 is 4.90 Å². The van der Waals surface area contributed by atoms with Gasteiger partial charge in [0.15, 0.2) is 0 Å². The summed E-state index contributed by atoms with van der Waals surface area (Å²) in [6.07, 6.45) is 4.00. The van der Waals surface area contributed by atoms with Crippen molar-refractivity contribution in [1.82, 2.24) is 0 Å². The zero-order valence-corrected chi connectivity index (χ0v) is 12.6. The van der Waals surface area contributed by atoms with Gasteiger partial charge in [-0.15, -0.1) is 0 Å². The van der Waals surface area contributed by atoms with Gasteiger partial charge in [0.05, 0.1) is 10.9 Å². The van der Waals surface area contributed by atoms with Crippen LogP contribution in [-0.2, 0) is 16.0 Å². The van der Waals surface area contributed by atoms with E-state index in [0.29, 0.717) is 6.42 Å². The Hall–Kier alpha value is -0.870. The van der Waals surface area contributed by atoms with Gasteiger partial charge in [0.1, 0.15) is 0 Å². The van der Waals surface area contributed by atoms with Gasteiger partial charge >= 0.3 is 0 Å². The van der Waals surface area contributed by atoms with E-state index in [1.807, 2.05) is 7.05 Å². The molecule has 0 spiro atoms. The number of alkyl halides is 1. The van der Waals surface area contributed by atoms with Crippen LogP contribution in [0.4, 0.5) is 5.69 Å². The minimum absolute atomic E-state index is 0.203. The molecule has 0 aromatic heterocycles. The fourth-order valence-corrected chi connectivity index (χ4v) is 3.60. The molecule has 0 N–H and O–H groups in total. The number of carbonyl (C=O) groups is 1. The van der Waals surface area contributed by atoms with Gasteiger partial charge in [-0.05, 0) is 36.5 Å². The van der Waals surface area contributed by atoms with Crippen LogP contribution in [0.1, 0.15) is 35.2 Å². The Bertz CT molecular complexity index is 497. The maximum atomic E-state index is 11.7. The van der Waals surface area contributed by atoms with Gasteiger partial charge in [0.25, 0.3) is 0 Å². The van der Waals surface area contributed by atoms with Crippen molar-refractivity contribution < 1.29 is 9.53 Å². The van der Waals surface area contributed by atoms with Crippen molar-refractivity contribution in [1.29, 1.82) is 0 Å². The third-order valence-corrected chi connectivity index (χ3v) is 5.18. The highest BCUT2D eigenvalue weighted by Crippen LogP contribution is 2.37. The van der Waals surface area contributed by atoms with Crippen LogP contribution in [0.15, 0.2) is 18.2 Å². The van der Waals surface area contributed by atoms with Gasteiger partial charge in [0, 0.05) is 25.8 Å². The van der Waals surface area contributed by atoms with Gasteiger partial charge in [-0.1, -0.05) is 28.1 Å². The molecule has 0 aliphatic carbocycles. The Labute approximate surface area is 122 Å². The Balaban J connectivity index is 1.87. The van der Waals surface area contributed by atoms with Crippen molar-refractivity contribution in [2.75, 3.05) is 18.6 Å². The van der Waals surface area contributed by atoms with E-state index < -0.39 is 0 Å². The van der Waals surface area contributed by atoms with Crippen LogP contribution in [0.5, 0.6) is 0 Å². The predicted octanol–water partition coefficient (Wildman–Crippen LogP) is 3.21. The summed E-state index contributed by atoms with van der Waals surface area (Å²) in [4.78, 5) is 13.7. The molecule has 1 amide bonds. The summed E-state index contributed by atoms with van der Waals surface area (Å²) in [6.45, 7) is 0.870. The van der Waals surface area contributed by atoms with Crippen LogP contribution in [0.25, 0.3) is 0 Å². The van der Waals surface area contributed by atoms with Crippen molar-refractivity contribution in [3.05, 3.63) is 29.3 Å². The normalized spacial score (nSPS) is 24.4. The number of fused-ring (bicyclic) bond motifs is 1. The first-order valence-corrected chi connectivity index (χ1v) is 7.73. The summed E-state index contributed by atoms with van der Waals surface area (Å²) >= 11 is 3.76. The molecule has 2 aliphatic rings. The Morgan fingerprint density at radius 3 is 3.00 bits per heavy atom. The molecular weight excluding hydrogens is 306 g/mol. The van der Waals surface area contributed by atoms with Crippen LogP contribution in [-0.4, -0.2) is 25.7 Å². The molecule has 3 nitrogen and oxygen atoms in total. The van der Waals surface area contributed by atoms with E-state index in [9.17, 15) is 4.79 Å². The lowest BCUT2D eigenvalue weighted by atomic mass is 9.96. The highest BCUT2D eigenvalue weighted by atomic mass is 79.9. The Morgan fingerprint density at radius 2 is 2.26 bits per heavy atom. The number of halogens is 1. The van der Waals surface area contributed by atoms with Crippen molar-refractivity contribution >= 4 is 27.5 Å². The fourth-order valence-electron chi connectivity index (χ4n) is 2.90. The number of nitrogens with zero attached hydrogens (tertiary/aromatic N) is 1. The molecule has 0 saturated carbocycles. The van der Waals surface area contributed by atoms with Crippen molar-refractivity contribution in [2.24, 2.45) is 0 Å². The lowest BCUT2D eigenvalue weighted by molar-refractivity contribution is -0.118. The summed E-state index contributed by atoms with van der Waals surface area (Å²) in [5.74, 6) is 0.203. The molecule has 2 unspecified atom stereocenters. The van der Waals surface area contributed by atoms with E-state index in [4.69, 9.17) is 4.74 Å². The number of ether oxygens (including phenoxy) is 1. The number of hydrogen-bond acceptors (Lipinski definition) is 2. The topological polar surface area (TPSA) is 29.5 Å². The minimum atomic E-state index is 0.203. The highest BCUT2D eigenvalue weighted by molar-refractivity contribution is 9.09. The van der Waals surface area contributed by atoms with Crippen molar-refractivity contribution in [2.45, 2.75) is 36.6 Å². The lowest BCUT2D eigenvalue weighted by Crippen LogP contribution is -2.31. The Morgan fingerprint density at radius 1 is 1.42 bits per heavy atom. The van der Waals surface area contributed by atoms with Gasteiger partial charge in [-0.2, -0.15) is 0 Å². The predicted molar refractivity (Wildman–Crippen MR) is 78.8 cm³/mol. The molecule has 102 valence electrons. The van der Waals surface area contributed by atoms with E-state index in [2.05, 4.69) is 34.1 Å². The summed E-state index contributed by atoms with van der Waals surface area (Å²) < 4.78 is 5.74. The van der Waals surface area contributed by atoms with Gasteiger partial charge in [-0.25, -0.2) is 0 Å². The summed E-state index contributed by atoms with van der Waals surface area (Å²) in [7, 11) is 1.85. The minimum Gasteiger partial charge on any atom is -0.377 e. The van der Waals surface area contributed by atoms with E-state index in [1.165, 1.54) is 11.1 Å². The van der Waals surface area contributed by atoms with Crippen LogP contribution in [0.2, 0.25) is 0 Å². The standard InChI is InChI=1S/C15H18BrNO2/c1-17-12-6-4-11(9-10(12)5-7-14(17)18)15(16)13-3-2-8-19-13/h4,6,9,13,15H,2-3,5,7-8H2,1H3. The smallest absolute Gasteiger partial charge is 0.227 e. The van der Waals surface area contributed by atoms with E-state index in [1.54, 1.807) is 4.90 Å². The van der Waals surface area contributed by atoms with Crippen LogP contribution >= 0.6 is 15.9 Å². The third kappa shape index (κ3) is 2.43. The molecule has 2 heterocycles. The summed E-state index contributed by atoms with van der Waals surface area (Å²) in [5, 5.41) is 0. The molecule has 1 fully saturated rings. The quantitative estimate of drug-likeness (QED) is 0.782. The number of anilines is 1. The molecule has 1 saturated heterocycles. The highest BCUT2D eigenvalue weighted by Gasteiger charge is 2.27. The van der Waals surface area contributed by atoms with Crippen LogP contribution in [0.3, 0.4) is 0 Å². The second-order valence-electron chi connectivity index (χ2n) is 5.29. The largest absolute Gasteiger partial charge is 0.377 e. The van der Waals surface area contributed by atoms with E-state index in [-0.39, 0.29) is 16.8 Å². The SMILES string of the molecule is CN1C(=O)CCc2cc(C(Br)C3CCCO3)ccc21. The molecule has 4 heteroatoms. The zero-order valence-electron chi connectivity index (χ0n) is 11.1. The number of amides is 1. The molecule has 1 aromatic carbocycles. The monoisotopic (exact) mass is 323 g/mol. The molecule has 2 aliphatic heterocycles. The van der Waals surface area contributed by atoms with Crippen molar-refractivity contribution in [3.63, 3.8) is 0 Å². The first-order valence-electron chi connectivity index (χ1n) is 6.82. The maximum Gasteiger partial charge on any atom is 0.227 e. The van der Waals surface area contributed by atoms with Crippen molar-refractivity contribution in [3.8, 4) is 0 Å².